The molecule has 0 spiro atoms. The first-order valence-corrected chi connectivity index (χ1v) is 10.1. The zero-order valence-electron chi connectivity index (χ0n) is 16.1. The van der Waals surface area contributed by atoms with Gasteiger partial charge in [-0.25, -0.2) is 4.31 Å². The smallest absolute Gasteiger partial charge is 0.304 e. The Morgan fingerprint density at radius 3 is 2.30 bits per heavy atom. The number of hydrogen-bond donors (Lipinski definition) is 1. The van der Waals surface area contributed by atoms with Crippen LogP contribution in [0.25, 0.3) is 0 Å². The number of carbonyl (C=O) groups excluding carboxylic acids is 1. The van der Waals surface area contributed by atoms with Crippen molar-refractivity contribution < 1.29 is 13.2 Å². The molecule has 0 atom stereocenters. The van der Waals surface area contributed by atoms with Gasteiger partial charge in [0.15, 0.2) is 0 Å². The van der Waals surface area contributed by atoms with Crippen molar-refractivity contribution in [1.29, 1.82) is 0 Å². The number of halogens is 1. The van der Waals surface area contributed by atoms with E-state index >= 15 is 0 Å². The number of hydrogen-bond acceptors (Lipinski definition) is 3. The van der Waals surface area contributed by atoms with E-state index in [9.17, 15) is 13.2 Å². The number of amides is 1. The molecule has 0 aliphatic rings. The predicted octanol–water partition coefficient (Wildman–Crippen LogP) is 3.52. The highest BCUT2D eigenvalue weighted by Gasteiger charge is 2.28. The molecule has 0 unspecified atom stereocenters. The summed E-state index contributed by atoms with van der Waals surface area (Å²) in [5, 5.41) is 3.24. The van der Waals surface area contributed by atoms with Crippen molar-refractivity contribution in [2.45, 2.75) is 20.8 Å². The van der Waals surface area contributed by atoms with Crippen molar-refractivity contribution in [3.63, 3.8) is 0 Å². The normalized spacial score (nSPS) is 11.5. The van der Waals surface area contributed by atoms with Gasteiger partial charge in [0.1, 0.15) is 6.54 Å². The van der Waals surface area contributed by atoms with Gasteiger partial charge in [-0.3, -0.25) is 4.79 Å². The van der Waals surface area contributed by atoms with Gasteiger partial charge in [-0.05, 0) is 55.7 Å². The van der Waals surface area contributed by atoms with Gasteiger partial charge in [0.05, 0.1) is 5.69 Å². The van der Waals surface area contributed by atoms with Gasteiger partial charge in [-0.1, -0.05) is 29.8 Å². The van der Waals surface area contributed by atoms with Crippen molar-refractivity contribution in [1.82, 2.24) is 4.31 Å². The first-order chi connectivity index (χ1) is 12.5. The average molecular weight is 410 g/mol. The van der Waals surface area contributed by atoms with Crippen molar-refractivity contribution >= 4 is 39.1 Å². The monoisotopic (exact) mass is 409 g/mol. The third-order valence-corrected chi connectivity index (χ3v) is 6.17. The number of carbonyl (C=O) groups is 1. The maximum absolute atomic E-state index is 12.9. The lowest BCUT2D eigenvalue weighted by atomic mass is 10.1. The molecule has 146 valence electrons. The van der Waals surface area contributed by atoms with E-state index in [1.165, 1.54) is 14.1 Å². The maximum atomic E-state index is 12.9. The molecule has 1 amide bonds. The van der Waals surface area contributed by atoms with Crippen LogP contribution in [0.4, 0.5) is 11.4 Å². The van der Waals surface area contributed by atoms with Gasteiger partial charge in [0.2, 0.25) is 5.91 Å². The zero-order chi connectivity index (χ0) is 20.4. The first kappa shape index (κ1) is 21.2. The van der Waals surface area contributed by atoms with Crippen molar-refractivity contribution in [3.8, 4) is 0 Å². The largest absolute Gasteiger partial charge is 0.324 e. The van der Waals surface area contributed by atoms with Crippen molar-refractivity contribution in [2.75, 3.05) is 30.3 Å². The standard InChI is InChI=1S/C19H24ClN3O3S/c1-13-6-7-15(3)18(10-13)23(27(25,26)22(4)5)12-19(24)21-17-11-16(20)9-8-14(17)2/h6-11H,12H2,1-5H3,(H,21,24). The van der Waals surface area contributed by atoms with E-state index in [0.29, 0.717) is 16.4 Å². The van der Waals surface area contributed by atoms with Crippen LogP contribution in [0.15, 0.2) is 36.4 Å². The highest BCUT2D eigenvalue weighted by Crippen LogP contribution is 2.26. The van der Waals surface area contributed by atoms with Crippen molar-refractivity contribution in [3.05, 3.63) is 58.1 Å². The van der Waals surface area contributed by atoms with Crippen LogP contribution in [-0.4, -0.2) is 39.3 Å². The molecular weight excluding hydrogens is 386 g/mol. The van der Waals surface area contributed by atoms with Gasteiger partial charge in [-0.15, -0.1) is 0 Å². The Morgan fingerprint density at radius 2 is 1.67 bits per heavy atom. The number of aryl methyl sites for hydroxylation is 3. The summed E-state index contributed by atoms with van der Waals surface area (Å²) in [4.78, 5) is 12.6. The molecular formula is C19H24ClN3O3S. The Balaban J connectivity index is 2.39. The van der Waals surface area contributed by atoms with E-state index in [1.54, 1.807) is 24.3 Å². The highest BCUT2D eigenvalue weighted by atomic mass is 35.5. The second kappa shape index (κ2) is 8.29. The minimum atomic E-state index is -3.86. The Kier molecular flexibility index (Phi) is 6.51. The van der Waals surface area contributed by atoms with E-state index in [-0.39, 0.29) is 6.54 Å². The van der Waals surface area contributed by atoms with Gasteiger partial charge in [-0.2, -0.15) is 12.7 Å². The molecule has 2 aromatic carbocycles. The lowest BCUT2D eigenvalue weighted by Gasteiger charge is -2.28. The Bertz CT molecular complexity index is 959. The number of rotatable bonds is 6. The summed E-state index contributed by atoms with van der Waals surface area (Å²) in [5.74, 6) is -0.452. The van der Waals surface area contributed by atoms with Crippen LogP contribution in [0.3, 0.4) is 0 Å². The second-order valence-corrected chi connectivity index (χ2v) is 9.10. The first-order valence-electron chi connectivity index (χ1n) is 8.36. The number of benzene rings is 2. The lowest BCUT2D eigenvalue weighted by Crippen LogP contribution is -2.44. The minimum absolute atomic E-state index is 0.350. The van der Waals surface area contributed by atoms with E-state index in [0.717, 1.165) is 25.3 Å². The topological polar surface area (TPSA) is 69.7 Å². The van der Waals surface area contributed by atoms with E-state index in [1.807, 2.05) is 32.9 Å². The number of nitrogens with zero attached hydrogens (tertiary/aromatic N) is 2. The SMILES string of the molecule is Cc1ccc(C)c(N(CC(=O)Nc2cc(Cl)ccc2C)S(=O)(=O)N(C)C)c1. The minimum Gasteiger partial charge on any atom is -0.324 e. The highest BCUT2D eigenvalue weighted by molar-refractivity contribution is 7.90. The summed E-state index contributed by atoms with van der Waals surface area (Å²) in [6, 6.07) is 10.6. The summed E-state index contributed by atoms with van der Waals surface area (Å²) in [7, 11) is -0.983. The number of anilines is 2. The molecule has 1 N–H and O–H groups in total. The Hall–Kier alpha value is -2.09. The molecule has 8 heteroatoms. The summed E-state index contributed by atoms with van der Waals surface area (Å²) in [5.41, 5.74) is 3.53. The summed E-state index contributed by atoms with van der Waals surface area (Å²) >= 11 is 5.99. The fraction of sp³-hybridized carbons (Fsp3) is 0.316. The van der Waals surface area contributed by atoms with Crippen LogP contribution in [-0.2, 0) is 15.0 Å². The van der Waals surface area contributed by atoms with Gasteiger partial charge >= 0.3 is 10.2 Å². The van der Waals surface area contributed by atoms with E-state index in [2.05, 4.69) is 5.32 Å². The van der Waals surface area contributed by atoms with Gasteiger partial charge < -0.3 is 5.32 Å². The van der Waals surface area contributed by atoms with Gasteiger partial charge in [0.25, 0.3) is 0 Å². The Labute approximate surface area is 165 Å². The Morgan fingerprint density at radius 1 is 1.04 bits per heavy atom. The van der Waals surface area contributed by atoms with Crippen molar-refractivity contribution in [2.24, 2.45) is 0 Å². The molecule has 2 aromatic rings. The molecule has 0 saturated heterocycles. The van der Waals surface area contributed by atoms with Crippen LogP contribution < -0.4 is 9.62 Å². The molecule has 0 saturated carbocycles. The lowest BCUT2D eigenvalue weighted by molar-refractivity contribution is -0.114. The summed E-state index contributed by atoms with van der Waals surface area (Å²) < 4.78 is 27.9. The molecule has 0 radical (unpaired) electrons. The summed E-state index contributed by atoms with van der Waals surface area (Å²) in [6.45, 7) is 5.17. The molecule has 0 fully saturated rings. The van der Waals surface area contributed by atoms with Crippen LogP contribution in [0.2, 0.25) is 5.02 Å². The van der Waals surface area contributed by atoms with E-state index < -0.39 is 16.1 Å². The van der Waals surface area contributed by atoms with E-state index in [4.69, 9.17) is 11.6 Å². The van der Waals surface area contributed by atoms with Crippen LogP contribution in [0, 0.1) is 20.8 Å². The summed E-state index contributed by atoms with van der Waals surface area (Å²) in [6.07, 6.45) is 0. The van der Waals surface area contributed by atoms with Gasteiger partial charge in [0, 0.05) is 24.8 Å². The fourth-order valence-electron chi connectivity index (χ4n) is 2.53. The molecule has 2 rings (SSSR count). The third-order valence-electron chi connectivity index (χ3n) is 4.13. The van der Waals surface area contributed by atoms with Crippen LogP contribution >= 0.6 is 11.6 Å². The molecule has 0 heterocycles. The molecule has 0 bridgehead atoms. The number of nitrogens with one attached hydrogen (secondary N) is 1. The molecule has 27 heavy (non-hydrogen) atoms. The fourth-order valence-corrected chi connectivity index (χ4v) is 3.82. The maximum Gasteiger partial charge on any atom is 0.304 e. The molecule has 0 aliphatic heterocycles. The molecule has 0 aliphatic carbocycles. The third kappa shape index (κ3) is 5.00. The molecule has 0 aromatic heterocycles. The van der Waals surface area contributed by atoms with Crippen LogP contribution in [0.5, 0.6) is 0 Å². The van der Waals surface area contributed by atoms with Crippen LogP contribution in [0.1, 0.15) is 16.7 Å². The zero-order valence-corrected chi connectivity index (χ0v) is 17.6. The molecule has 6 nitrogen and oxygen atoms in total. The average Bonchev–Trinajstić information content (AvgIpc) is 2.58. The quantitative estimate of drug-likeness (QED) is 0.793. The predicted molar refractivity (Wildman–Crippen MR) is 111 cm³/mol. The second-order valence-electron chi connectivity index (χ2n) is 6.59.